The van der Waals surface area contributed by atoms with Crippen molar-refractivity contribution in [2.75, 3.05) is 11.6 Å². The van der Waals surface area contributed by atoms with Crippen LogP contribution in [-0.2, 0) is 14.8 Å². The van der Waals surface area contributed by atoms with Crippen LogP contribution in [0.1, 0.15) is 18.0 Å². The molecular formula is C22H21FN2O4S. The number of para-hydroxylation sites is 3. The van der Waals surface area contributed by atoms with Gasteiger partial charge in [0.15, 0.2) is 5.75 Å². The molecule has 0 aliphatic heterocycles. The second-order valence-electron chi connectivity index (χ2n) is 6.66. The summed E-state index contributed by atoms with van der Waals surface area (Å²) < 4.78 is 45.0. The number of halogens is 1. The maximum absolute atomic E-state index is 13.2. The molecule has 0 saturated heterocycles. The van der Waals surface area contributed by atoms with Crippen LogP contribution in [-0.4, -0.2) is 20.6 Å². The zero-order chi connectivity index (χ0) is 21.6. The zero-order valence-corrected chi connectivity index (χ0v) is 17.0. The smallest absolute Gasteiger partial charge is 0.226 e. The molecule has 0 bridgehead atoms. The summed E-state index contributed by atoms with van der Waals surface area (Å²) in [7, 11) is -3.60. The Morgan fingerprint density at radius 2 is 1.60 bits per heavy atom. The van der Waals surface area contributed by atoms with Crippen LogP contribution in [0.4, 0.5) is 10.1 Å². The second-order valence-corrected chi connectivity index (χ2v) is 8.44. The lowest BCUT2D eigenvalue weighted by molar-refractivity contribution is -0.116. The normalized spacial score (nSPS) is 12.2. The highest BCUT2D eigenvalue weighted by Crippen LogP contribution is 2.29. The van der Waals surface area contributed by atoms with Crippen LogP contribution in [0.3, 0.4) is 0 Å². The predicted molar refractivity (Wildman–Crippen MR) is 113 cm³/mol. The van der Waals surface area contributed by atoms with Crippen molar-refractivity contribution in [3.8, 4) is 11.5 Å². The van der Waals surface area contributed by atoms with Gasteiger partial charge in [-0.25, -0.2) is 17.5 Å². The highest BCUT2D eigenvalue weighted by Gasteiger charge is 2.21. The molecule has 2 N–H and O–H groups in total. The van der Waals surface area contributed by atoms with Crippen molar-refractivity contribution in [1.29, 1.82) is 0 Å². The third kappa shape index (κ3) is 6.40. The van der Waals surface area contributed by atoms with E-state index in [1.54, 1.807) is 36.4 Å². The second kappa shape index (κ2) is 9.51. The van der Waals surface area contributed by atoms with E-state index in [-0.39, 0.29) is 6.42 Å². The summed E-state index contributed by atoms with van der Waals surface area (Å²) in [6.45, 7) is 0. The number of carbonyl (C=O) groups is 1. The van der Waals surface area contributed by atoms with Crippen molar-refractivity contribution in [2.24, 2.45) is 0 Å². The summed E-state index contributed by atoms with van der Waals surface area (Å²) in [5.74, 6) is 0.187. The van der Waals surface area contributed by atoms with Crippen LogP contribution < -0.4 is 14.8 Å². The number of carbonyl (C=O) groups excluding carboxylic acids is 1. The maximum Gasteiger partial charge on any atom is 0.226 e. The number of benzene rings is 3. The van der Waals surface area contributed by atoms with E-state index in [1.807, 2.05) is 18.2 Å². The number of rotatable bonds is 8. The molecule has 3 rings (SSSR count). The van der Waals surface area contributed by atoms with Crippen LogP contribution >= 0.6 is 0 Å². The lowest BCUT2D eigenvalue weighted by atomic mass is 10.0. The highest BCUT2D eigenvalue weighted by molar-refractivity contribution is 7.88. The number of amides is 1. The van der Waals surface area contributed by atoms with E-state index in [1.165, 1.54) is 24.3 Å². The quantitative estimate of drug-likeness (QED) is 0.562. The fourth-order valence-electron chi connectivity index (χ4n) is 2.84. The number of hydrogen-bond donors (Lipinski definition) is 2. The van der Waals surface area contributed by atoms with Gasteiger partial charge in [-0.2, -0.15) is 0 Å². The average molecular weight is 428 g/mol. The van der Waals surface area contributed by atoms with Gasteiger partial charge in [0.25, 0.3) is 0 Å². The first-order valence-electron chi connectivity index (χ1n) is 9.15. The van der Waals surface area contributed by atoms with Crippen LogP contribution in [0, 0.1) is 5.82 Å². The Balaban J connectivity index is 1.76. The van der Waals surface area contributed by atoms with Crippen molar-refractivity contribution >= 4 is 21.6 Å². The summed E-state index contributed by atoms with van der Waals surface area (Å²) in [4.78, 5) is 12.7. The van der Waals surface area contributed by atoms with E-state index in [9.17, 15) is 17.6 Å². The first-order chi connectivity index (χ1) is 14.3. The standard InChI is InChI=1S/C22H21FN2O4S/c1-30(27,28)25-20(16-11-13-17(23)14-12-16)15-22(26)24-19-9-5-6-10-21(19)29-18-7-3-2-4-8-18/h2-14,20,25H,15H2,1H3,(H,24,26). The summed E-state index contributed by atoms with van der Waals surface area (Å²) in [5, 5.41) is 2.76. The Kier molecular flexibility index (Phi) is 6.81. The Hall–Kier alpha value is -3.23. The van der Waals surface area contributed by atoms with Crippen LogP contribution in [0.5, 0.6) is 11.5 Å². The van der Waals surface area contributed by atoms with E-state index < -0.39 is 27.8 Å². The van der Waals surface area contributed by atoms with Crippen LogP contribution in [0.15, 0.2) is 78.9 Å². The first kappa shape index (κ1) is 21.5. The SMILES string of the molecule is CS(=O)(=O)NC(CC(=O)Nc1ccccc1Oc1ccccc1)c1ccc(F)cc1. The first-order valence-corrected chi connectivity index (χ1v) is 11.0. The minimum absolute atomic E-state index is 0.182. The number of anilines is 1. The fourth-order valence-corrected chi connectivity index (χ4v) is 3.58. The lowest BCUT2D eigenvalue weighted by Crippen LogP contribution is -2.30. The van der Waals surface area contributed by atoms with E-state index in [0.29, 0.717) is 22.7 Å². The van der Waals surface area contributed by atoms with E-state index >= 15 is 0 Å². The molecule has 0 aliphatic carbocycles. The summed E-state index contributed by atoms with van der Waals surface area (Å²) in [6.07, 6.45) is 0.822. The summed E-state index contributed by atoms with van der Waals surface area (Å²) in [5.41, 5.74) is 0.925. The molecule has 3 aromatic carbocycles. The molecule has 0 heterocycles. The molecule has 30 heavy (non-hydrogen) atoms. The topological polar surface area (TPSA) is 84.5 Å². The number of sulfonamides is 1. The molecule has 1 unspecified atom stereocenters. The van der Waals surface area contributed by atoms with Crippen LogP contribution in [0.2, 0.25) is 0 Å². The van der Waals surface area contributed by atoms with Crippen molar-refractivity contribution in [3.05, 3.63) is 90.2 Å². The van der Waals surface area contributed by atoms with Gasteiger partial charge in [-0.1, -0.05) is 42.5 Å². The van der Waals surface area contributed by atoms with Gasteiger partial charge in [0, 0.05) is 6.42 Å². The van der Waals surface area contributed by atoms with Crippen molar-refractivity contribution in [2.45, 2.75) is 12.5 Å². The molecule has 6 nitrogen and oxygen atoms in total. The van der Waals surface area contributed by atoms with Crippen LogP contribution in [0.25, 0.3) is 0 Å². The summed E-state index contributed by atoms with van der Waals surface area (Å²) in [6, 6.07) is 20.5. The molecular weight excluding hydrogens is 407 g/mol. The Labute approximate surface area is 174 Å². The molecule has 0 aromatic heterocycles. The van der Waals surface area contributed by atoms with E-state index in [2.05, 4.69) is 10.0 Å². The van der Waals surface area contributed by atoms with E-state index in [0.717, 1.165) is 6.26 Å². The molecule has 1 atom stereocenters. The van der Waals surface area contributed by atoms with Gasteiger partial charge in [0.05, 0.1) is 18.0 Å². The van der Waals surface area contributed by atoms with Gasteiger partial charge in [-0.05, 0) is 42.0 Å². The van der Waals surface area contributed by atoms with Gasteiger partial charge in [-0.15, -0.1) is 0 Å². The molecule has 0 saturated carbocycles. The third-order valence-electron chi connectivity index (χ3n) is 4.15. The minimum atomic E-state index is -3.60. The molecule has 3 aromatic rings. The fraction of sp³-hybridized carbons (Fsp3) is 0.136. The zero-order valence-electron chi connectivity index (χ0n) is 16.2. The minimum Gasteiger partial charge on any atom is -0.455 e. The van der Waals surface area contributed by atoms with Gasteiger partial charge in [-0.3, -0.25) is 4.79 Å². The van der Waals surface area contributed by atoms with Crippen molar-refractivity contribution in [3.63, 3.8) is 0 Å². The Morgan fingerprint density at radius 1 is 0.967 bits per heavy atom. The molecule has 0 fully saturated rings. The Morgan fingerprint density at radius 3 is 2.27 bits per heavy atom. The molecule has 0 spiro atoms. The van der Waals surface area contributed by atoms with Gasteiger partial charge in [0.2, 0.25) is 15.9 Å². The van der Waals surface area contributed by atoms with Gasteiger partial charge in [0.1, 0.15) is 11.6 Å². The lowest BCUT2D eigenvalue weighted by Gasteiger charge is -2.18. The van der Waals surface area contributed by atoms with Gasteiger partial charge < -0.3 is 10.1 Å². The van der Waals surface area contributed by atoms with Crippen molar-refractivity contribution < 1.29 is 22.3 Å². The highest BCUT2D eigenvalue weighted by atomic mass is 32.2. The third-order valence-corrected chi connectivity index (χ3v) is 4.86. The van der Waals surface area contributed by atoms with E-state index in [4.69, 9.17) is 4.74 Å². The number of hydrogen-bond acceptors (Lipinski definition) is 4. The monoisotopic (exact) mass is 428 g/mol. The molecule has 8 heteroatoms. The Bertz CT molecular complexity index is 1100. The molecule has 156 valence electrons. The summed E-state index contributed by atoms with van der Waals surface area (Å²) >= 11 is 0. The average Bonchev–Trinajstić information content (AvgIpc) is 2.69. The molecule has 0 radical (unpaired) electrons. The molecule has 1 amide bonds. The number of nitrogens with one attached hydrogen (secondary N) is 2. The predicted octanol–water partition coefficient (Wildman–Crippen LogP) is 4.24. The largest absolute Gasteiger partial charge is 0.455 e. The number of ether oxygens (including phenoxy) is 1. The maximum atomic E-state index is 13.2. The van der Waals surface area contributed by atoms with Crippen molar-refractivity contribution in [1.82, 2.24) is 4.72 Å². The van der Waals surface area contributed by atoms with Gasteiger partial charge >= 0.3 is 0 Å². The molecule has 0 aliphatic rings.